The molecule has 0 radical (unpaired) electrons. The number of carbonyl (C=O) groups excluding carboxylic acids is 3. The number of ether oxygens (including phenoxy) is 1. The topological polar surface area (TPSA) is 72.5 Å². The molecule has 0 aliphatic heterocycles. The van der Waals surface area contributed by atoms with Gasteiger partial charge in [-0.25, -0.2) is 0 Å². The first-order valence-corrected chi connectivity index (χ1v) is 8.92. The van der Waals surface area contributed by atoms with Crippen molar-refractivity contribution in [1.82, 2.24) is 0 Å². The number of esters is 1. The fraction of sp³-hybridized carbons (Fsp3) is 0.235. The third-order valence-electron chi connectivity index (χ3n) is 3.23. The monoisotopic (exact) mass is 399 g/mol. The summed E-state index contributed by atoms with van der Waals surface area (Å²) in [4.78, 5) is 35.8. The number of aryl methyl sites for hydroxylation is 1. The van der Waals surface area contributed by atoms with Crippen LogP contribution in [-0.2, 0) is 14.3 Å². The van der Waals surface area contributed by atoms with Crippen LogP contribution in [0.2, 0.25) is 9.36 Å². The Morgan fingerprint density at radius 2 is 1.88 bits per heavy atom. The van der Waals surface area contributed by atoms with Gasteiger partial charge in [0.05, 0.1) is 15.6 Å². The third-order valence-corrected chi connectivity index (χ3v) is 4.74. The molecule has 1 aromatic carbocycles. The van der Waals surface area contributed by atoms with E-state index in [1.165, 1.54) is 0 Å². The number of amides is 1. The first-order valence-electron chi connectivity index (χ1n) is 7.35. The quantitative estimate of drug-likeness (QED) is 0.548. The molecule has 1 aromatic heterocycles. The van der Waals surface area contributed by atoms with E-state index in [-0.39, 0.29) is 18.6 Å². The number of Topliss-reactive ketones (excluding diaryl/α,β-unsaturated/α-hetero) is 1. The van der Waals surface area contributed by atoms with Crippen molar-refractivity contribution in [3.63, 3.8) is 0 Å². The molecule has 5 nitrogen and oxygen atoms in total. The molecule has 0 saturated carbocycles. The maximum absolute atomic E-state index is 11.9. The fourth-order valence-electron chi connectivity index (χ4n) is 1.97. The van der Waals surface area contributed by atoms with Crippen molar-refractivity contribution in [3.8, 4) is 0 Å². The number of hydrogen-bond donors (Lipinski definition) is 1. The lowest BCUT2D eigenvalue weighted by Crippen LogP contribution is -2.21. The van der Waals surface area contributed by atoms with E-state index < -0.39 is 18.5 Å². The van der Waals surface area contributed by atoms with Crippen molar-refractivity contribution in [2.24, 2.45) is 0 Å². The lowest BCUT2D eigenvalue weighted by Gasteiger charge is -2.09. The van der Waals surface area contributed by atoms with Gasteiger partial charge in [0.2, 0.25) is 0 Å². The number of ketones is 1. The number of halogens is 2. The molecule has 2 aromatic rings. The number of anilines is 1. The molecule has 1 heterocycles. The summed E-state index contributed by atoms with van der Waals surface area (Å²) in [6.07, 6.45) is -0.0881. The molecule has 0 saturated heterocycles. The summed E-state index contributed by atoms with van der Waals surface area (Å²) >= 11 is 12.8. The summed E-state index contributed by atoms with van der Waals surface area (Å²) in [6, 6.07) is 8.27. The first kappa shape index (κ1) is 19.4. The van der Waals surface area contributed by atoms with E-state index >= 15 is 0 Å². The van der Waals surface area contributed by atoms with Crippen molar-refractivity contribution in [2.75, 3.05) is 11.9 Å². The maximum atomic E-state index is 11.9. The highest BCUT2D eigenvalue weighted by molar-refractivity contribution is 7.18. The van der Waals surface area contributed by atoms with Gasteiger partial charge in [0, 0.05) is 17.1 Å². The zero-order valence-electron chi connectivity index (χ0n) is 13.3. The molecule has 0 bridgehead atoms. The van der Waals surface area contributed by atoms with E-state index in [1.54, 1.807) is 37.3 Å². The van der Waals surface area contributed by atoms with Crippen LogP contribution in [0.25, 0.3) is 0 Å². The van der Waals surface area contributed by atoms with Crippen molar-refractivity contribution in [3.05, 3.63) is 50.1 Å². The summed E-state index contributed by atoms with van der Waals surface area (Å²) in [5.74, 6) is -1.26. The van der Waals surface area contributed by atoms with E-state index in [0.29, 0.717) is 19.9 Å². The molecule has 0 aliphatic rings. The Morgan fingerprint density at radius 3 is 2.52 bits per heavy atom. The van der Waals surface area contributed by atoms with Crippen LogP contribution in [0, 0.1) is 6.92 Å². The SMILES string of the molecule is Cc1cc(Cl)ccc1NC(=O)COC(=O)CCC(=O)c1ccc(Cl)s1. The van der Waals surface area contributed by atoms with E-state index in [1.807, 2.05) is 0 Å². The average Bonchev–Trinajstić information content (AvgIpc) is 3.00. The Balaban J connectivity index is 1.74. The van der Waals surface area contributed by atoms with Crippen molar-refractivity contribution in [1.29, 1.82) is 0 Å². The average molecular weight is 400 g/mol. The summed E-state index contributed by atoms with van der Waals surface area (Å²) < 4.78 is 5.39. The molecular weight excluding hydrogens is 385 g/mol. The Kier molecular flexibility index (Phi) is 6.99. The smallest absolute Gasteiger partial charge is 0.306 e. The van der Waals surface area contributed by atoms with E-state index in [4.69, 9.17) is 27.9 Å². The van der Waals surface area contributed by atoms with Gasteiger partial charge in [0.1, 0.15) is 0 Å². The molecule has 0 spiro atoms. The largest absolute Gasteiger partial charge is 0.456 e. The second-order valence-electron chi connectivity index (χ2n) is 5.20. The van der Waals surface area contributed by atoms with Gasteiger partial charge in [-0.2, -0.15) is 0 Å². The minimum atomic E-state index is -0.612. The van der Waals surface area contributed by atoms with Crippen LogP contribution in [0.4, 0.5) is 5.69 Å². The van der Waals surface area contributed by atoms with E-state index in [0.717, 1.165) is 16.9 Å². The molecular formula is C17H15Cl2NO4S. The number of thiophene rings is 1. The number of benzene rings is 1. The number of carbonyl (C=O) groups is 3. The van der Waals surface area contributed by atoms with Crippen molar-refractivity contribution >= 4 is 57.9 Å². The Bertz CT molecular complexity index is 804. The molecule has 2 rings (SSSR count). The molecule has 0 atom stereocenters. The van der Waals surface area contributed by atoms with E-state index in [2.05, 4.69) is 5.32 Å². The highest BCUT2D eigenvalue weighted by atomic mass is 35.5. The van der Waals surface area contributed by atoms with Crippen LogP contribution in [0.3, 0.4) is 0 Å². The van der Waals surface area contributed by atoms with Crippen molar-refractivity contribution < 1.29 is 19.1 Å². The summed E-state index contributed by atoms with van der Waals surface area (Å²) in [5.41, 5.74) is 1.39. The summed E-state index contributed by atoms with van der Waals surface area (Å²) in [5, 5.41) is 3.20. The summed E-state index contributed by atoms with van der Waals surface area (Å²) in [6.45, 7) is 1.38. The second-order valence-corrected chi connectivity index (χ2v) is 7.35. The fourth-order valence-corrected chi connectivity index (χ4v) is 3.21. The molecule has 0 fully saturated rings. The highest BCUT2D eigenvalue weighted by Crippen LogP contribution is 2.23. The van der Waals surface area contributed by atoms with Crippen molar-refractivity contribution in [2.45, 2.75) is 19.8 Å². The first-order chi connectivity index (χ1) is 11.8. The maximum Gasteiger partial charge on any atom is 0.306 e. The van der Waals surface area contributed by atoms with E-state index in [9.17, 15) is 14.4 Å². The van der Waals surface area contributed by atoms with Gasteiger partial charge in [-0.05, 0) is 42.8 Å². The minimum absolute atomic E-state index is 0.00753. The third kappa shape index (κ3) is 6.16. The Hall–Kier alpha value is -1.89. The standard InChI is InChI=1S/C17H15Cl2NO4S/c1-10-8-11(18)2-3-12(10)20-16(22)9-24-17(23)7-4-13(21)14-5-6-15(19)25-14/h2-3,5-6,8H,4,7,9H2,1H3,(H,20,22). The Labute approximate surface area is 158 Å². The number of hydrogen-bond acceptors (Lipinski definition) is 5. The van der Waals surface area contributed by atoms with Crippen LogP contribution in [-0.4, -0.2) is 24.3 Å². The number of nitrogens with one attached hydrogen (secondary N) is 1. The van der Waals surface area contributed by atoms with Crippen LogP contribution in [0.5, 0.6) is 0 Å². The molecule has 1 amide bonds. The molecule has 0 unspecified atom stereocenters. The van der Waals surface area contributed by atoms with Gasteiger partial charge >= 0.3 is 5.97 Å². The minimum Gasteiger partial charge on any atom is -0.456 e. The normalized spacial score (nSPS) is 10.4. The van der Waals surface area contributed by atoms with Crippen LogP contribution < -0.4 is 5.32 Å². The zero-order chi connectivity index (χ0) is 18.4. The lowest BCUT2D eigenvalue weighted by atomic mass is 10.2. The Morgan fingerprint density at radius 1 is 1.12 bits per heavy atom. The molecule has 132 valence electrons. The van der Waals surface area contributed by atoms with Crippen LogP contribution in [0.1, 0.15) is 28.1 Å². The molecule has 0 aliphatic carbocycles. The van der Waals surface area contributed by atoms with Gasteiger partial charge in [-0.1, -0.05) is 23.2 Å². The van der Waals surface area contributed by atoms with Gasteiger partial charge < -0.3 is 10.1 Å². The lowest BCUT2D eigenvalue weighted by molar-refractivity contribution is -0.147. The van der Waals surface area contributed by atoms with Gasteiger partial charge in [-0.15, -0.1) is 11.3 Å². The second kappa shape index (κ2) is 8.99. The van der Waals surface area contributed by atoms with Gasteiger partial charge in [0.15, 0.2) is 12.4 Å². The predicted octanol–water partition coefficient (Wildman–Crippen LogP) is 4.51. The molecule has 25 heavy (non-hydrogen) atoms. The summed E-state index contributed by atoms with van der Waals surface area (Å²) in [7, 11) is 0. The molecule has 8 heteroatoms. The highest BCUT2D eigenvalue weighted by Gasteiger charge is 2.14. The zero-order valence-corrected chi connectivity index (χ0v) is 15.6. The van der Waals surface area contributed by atoms with Crippen LogP contribution >= 0.6 is 34.5 Å². The van der Waals surface area contributed by atoms with Crippen LogP contribution in [0.15, 0.2) is 30.3 Å². The number of rotatable bonds is 7. The predicted molar refractivity (Wildman–Crippen MR) is 98.7 cm³/mol. The van der Waals surface area contributed by atoms with Gasteiger partial charge in [-0.3, -0.25) is 14.4 Å². The molecule has 1 N–H and O–H groups in total. The van der Waals surface area contributed by atoms with Gasteiger partial charge in [0.25, 0.3) is 5.91 Å².